The summed E-state index contributed by atoms with van der Waals surface area (Å²) in [5.74, 6) is -1.58. The fraction of sp³-hybridized carbons (Fsp3) is 0.500. The van der Waals surface area contributed by atoms with Crippen molar-refractivity contribution in [1.29, 1.82) is 0 Å². The highest BCUT2D eigenvalue weighted by atomic mass is 16.6. The molecule has 0 radical (unpaired) electrons. The number of carbonyl (C=O) groups excluding carboxylic acids is 5. The lowest BCUT2D eigenvalue weighted by molar-refractivity contribution is -0.152. The maximum Gasteiger partial charge on any atom is 0.408 e. The van der Waals surface area contributed by atoms with E-state index in [2.05, 4.69) is 54.1 Å². The Balaban J connectivity index is 1.18. The van der Waals surface area contributed by atoms with Gasteiger partial charge < -0.3 is 35.1 Å². The van der Waals surface area contributed by atoms with Crippen LogP contribution in [0.5, 0.6) is 0 Å². The minimum Gasteiger partial charge on any atom is -0.461 e. The molecule has 1 saturated heterocycles. The predicted molar refractivity (Wildman–Crippen MR) is 240 cm³/mol. The van der Waals surface area contributed by atoms with Crippen LogP contribution in [0.2, 0.25) is 0 Å². The number of likely N-dealkylation sites (tertiary alicyclic amines) is 1. The summed E-state index contributed by atoms with van der Waals surface area (Å²) >= 11 is 0. The third-order valence-corrected chi connectivity index (χ3v) is 10.9. The number of nitrogens with zero attached hydrogens (tertiary/aromatic N) is 1. The van der Waals surface area contributed by atoms with Gasteiger partial charge in [0.05, 0.1) is 18.1 Å². The summed E-state index contributed by atoms with van der Waals surface area (Å²) in [4.78, 5) is 68.9. The molecular formula is C50H66N4O8. The molecule has 1 heterocycles. The Morgan fingerprint density at radius 2 is 1.45 bits per heavy atom. The third-order valence-electron chi connectivity index (χ3n) is 10.9. The number of nitrogens with one attached hydrogen (secondary N) is 3. The molecule has 0 spiro atoms. The molecule has 2 aliphatic rings. The van der Waals surface area contributed by atoms with Crippen molar-refractivity contribution in [3.05, 3.63) is 108 Å². The Kier molecular flexibility index (Phi) is 17.2. The monoisotopic (exact) mass is 850 g/mol. The Morgan fingerprint density at radius 3 is 2.08 bits per heavy atom. The maximum absolute atomic E-state index is 14.4. The first-order chi connectivity index (χ1) is 29.6. The second-order valence-electron chi connectivity index (χ2n) is 18.0. The Bertz CT molecular complexity index is 1960. The number of ether oxygens (including phenoxy) is 3. The van der Waals surface area contributed by atoms with Gasteiger partial charge in [0.2, 0.25) is 11.8 Å². The average Bonchev–Trinajstić information content (AvgIpc) is 3.83. The van der Waals surface area contributed by atoms with Crippen molar-refractivity contribution in [2.45, 2.75) is 129 Å². The van der Waals surface area contributed by atoms with Crippen LogP contribution in [-0.4, -0.2) is 84.4 Å². The smallest absolute Gasteiger partial charge is 0.408 e. The predicted octanol–water partition coefficient (Wildman–Crippen LogP) is 8.48. The van der Waals surface area contributed by atoms with E-state index in [0.717, 1.165) is 27.8 Å². The average molecular weight is 851 g/mol. The van der Waals surface area contributed by atoms with Gasteiger partial charge in [-0.15, -0.1) is 0 Å². The van der Waals surface area contributed by atoms with E-state index >= 15 is 0 Å². The van der Waals surface area contributed by atoms with Crippen LogP contribution >= 0.6 is 0 Å². The highest BCUT2D eigenvalue weighted by molar-refractivity contribution is 5.92. The quantitative estimate of drug-likeness (QED) is 0.0470. The molecular weight excluding hydrogens is 785 g/mol. The summed E-state index contributed by atoms with van der Waals surface area (Å²) in [6.45, 7) is 14.0. The molecule has 1 aliphatic heterocycles. The van der Waals surface area contributed by atoms with Gasteiger partial charge in [-0.2, -0.15) is 0 Å². The minimum atomic E-state index is -0.937. The van der Waals surface area contributed by atoms with Crippen LogP contribution in [0.15, 0.2) is 91.0 Å². The van der Waals surface area contributed by atoms with Crippen LogP contribution < -0.4 is 16.0 Å². The molecule has 0 saturated carbocycles. The van der Waals surface area contributed by atoms with Gasteiger partial charge in [-0.25, -0.2) is 14.4 Å². The first kappa shape index (κ1) is 47.4. The molecule has 0 aromatic heterocycles. The number of benzene rings is 3. The van der Waals surface area contributed by atoms with E-state index in [9.17, 15) is 24.0 Å². The first-order valence-electron chi connectivity index (χ1n) is 22.2. The van der Waals surface area contributed by atoms with Crippen molar-refractivity contribution in [2.75, 3.05) is 19.7 Å². The zero-order valence-corrected chi connectivity index (χ0v) is 37.5. The molecule has 1 aliphatic carbocycles. The summed E-state index contributed by atoms with van der Waals surface area (Å²) < 4.78 is 16.7. The Hall–Kier alpha value is -5.65. The fourth-order valence-corrected chi connectivity index (χ4v) is 8.19. The zero-order valence-electron chi connectivity index (χ0n) is 37.5. The molecule has 62 heavy (non-hydrogen) atoms. The van der Waals surface area contributed by atoms with Gasteiger partial charge in [-0.3, -0.25) is 9.59 Å². The summed E-state index contributed by atoms with van der Waals surface area (Å²) in [5.41, 5.74) is 4.88. The summed E-state index contributed by atoms with van der Waals surface area (Å²) in [5, 5.41) is 8.69. The molecule has 12 heteroatoms. The molecule has 0 bridgehead atoms. The lowest BCUT2D eigenvalue weighted by atomic mass is 9.95. The zero-order chi connectivity index (χ0) is 44.8. The van der Waals surface area contributed by atoms with E-state index in [-0.39, 0.29) is 36.8 Å². The molecule has 1 fully saturated rings. The van der Waals surface area contributed by atoms with Crippen LogP contribution in [0, 0.1) is 11.8 Å². The van der Waals surface area contributed by atoms with Gasteiger partial charge in [-0.05, 0) is 113 Å². The number of hydrogen-bond donors (Lipinski definition) is 3. The fourth-order valence-electron chi connectivity index (χ4n) is 8.19. The lowest BCUT2D eigenvalue weighted by Gasteiger charge is -2.29. The number of rotatable bonds is 19. The van der Waals surface area contributed by atoms with Gasteiger partial charge in [-0.1, -0.05) is 105 Å². The molecule has 334 valence electrons. The molecule has 4 amide bonds. The number of alkyl carbamates (subject to hydrolysis) is 2. The van der Waals surface area contributed by atoms with Crippen molar-refractivity contribution in [3.63, 3.8) is 0 Å². The van der Waals surface area contributed by atoms with Crippen LogP contribution in [0.1, 0.15) is 110 Å². The van der Waals surface area contributed by atoms with Crippen LogP contribution in [0.25, 0.3) is 11.1 Å². The molecule has 5 rings (SSSR count). The number of carbonyl (C=O) groups is 5. The van der Waals surface area contributed by atoms with E-state index in [4.69, 9.17) is 14.2 Å². The molecule has 4 atom stereocenters. The second-order valence-corrected chi connectivity index (χ2v) is 18.0. The van der Waals surface area contributed by atoms with E-state index in [1.54, 1.807) is 18.7 Å². The summed E-state index contributed by atoms with van der Waals surface area (Å²) in [6, 6.07) is 23.9. The number of amides is 4. The summed E-state index contributed by atoms with van der Waals surface area (Å²) in [6.07, 6.45) is 5.70. The topological polar surface area (TPSA) is 152 Å². The lowest BCUT2D eigenvalue weighted by Crippen LogP contribution is -2.52. The van der Waals surface area contributed by atoms with Gasteiger partial charge >= 0.3 is 18.2 Å². The molecule has 0 unspecified atom stereocenters. The highest BCUT2D eigenvalue weighted by Gasteiger charge is 2.38. The second kappa shape index (κ2) is 22.4. The van der Waals surface area contributed by atoms with E-state index in [1.165, 1.54) is 0 Å². The standard InChI is InChI=1S/C50H66N4O8/c1-33(2)30-37(52-49(59)62-50(5,6)7)27-26-36(31-35-18-9-8-10-19-35)46(56)54-29-17-25-44(54)45(55)53-43(47(57)61-34(3)4)24-15-16-28-51-48(58)60-32-42-40-22-13-11-20-38(40)39-21-12-14-23-41(39)42/h8-14,18-23,26-27,33-34,36-37,42-44H,15-17,24-25,28-32H2,1-7H3,(H,51,58)(H,52,59)(H,53,55)/b27-26+/t36-,37-,43+,44+/m1/s1. The first-order valence-corrected chi connectivity index (χ1v) is 22.2. The summed E-state index contributed by atoms with van der Waals surface area (Å²) in [7, 11) is 0. The minimum absolute atomic E-state index is 0.0445. The Labute approximate surface area is 367 Å². The number of unbranched alkanes of at least 4 members (excludes halogenated alkanes) is 1. The van der Waals surface area contributed by atoms with E-state index in [1.807, 2.05) is 87.5 Å². The highest BCUT2D eigenvalue weighted by Crippen LogP contribution is 2.44. The van der Waals surface area contributed by atoms with Crippen LogP contribution in [-0.2, 0) is 35.0 Å². The molecule has 3 aromatic rings. The third kappa shape index (κ3) is 13.9. The van der Waals surface area contributed by atoms with Gasteiger partial charge in [0.25, 0.3) is 0 Å². The van der Waals surface area contributed by atoms with Crippen molar-refractivity contribution in [3.8, 4) is 11.1 Å². The van der Waals surface area contributed by atoms with Crippen LogP contribution in [0.3, 0.4) is 0 Å². The van der Waals surface area contributed by atoms with Gasteiger partial charge in [0.1, 0.15) is 24.3 Å². The Morgan fingerprint density at radius 1 is 0.806 bits per heavy atom. The largest absolute Gasteiger partial charge is 0.461 e. The van der Waals surface area contributed by atoms with E-state index < -0.39 is 53.8 Å². The molecule has 12 nitrogen and oxygen atoms in total. The maximum atomic E-state index is 14.4. The molecule has 3 N–H and O–H groups in total. The SMILES string of the molecule is CC(C)C[C@@H](/C=C/[C@H](Cc1ccccc1)C(=O)N1CCC[C@H]1C(=O)N[C@@H](CCCCNC(=O)OCC1c2ccccc2-c2ccccc21)C(=O)OC(C)C)NC(=O)OC(C)(C)C. The van der Waals surface area contributed by atoms with Crippen molar-refractivity contribution >= 4 is 30.0 Å². The normalized spacial score (nSPS) is 16.3. The van der Waals surface area contributed by atoms with Crippen molar-refractivity contribution in [1.82, 2.24) is 20.9 Å². The van der Waals surface area contributed by atoms with Crippen LogP contribution in [0.4, 0.5) is 9.59 Å². The molecule has 3 aromatic carbocycles. The van der Waals surface area contributed by atoms with Crippen molar-refractivity contribution < 1.29 is 38.2 Å². The number of esters is 1. The number of hydrogen-bond acceptors (Lipinski definition) is 8. The van der Waals surface area contributed by atoms with Gasteiger partial charge in [0, 0.05) is 19.0 Å². The number of fused-ring (bicyclic) bond motifs is 3. The van der Waals surface area contributed by atoms with E-state index in [0.29, 0.717) is 51.6 Å². The van der Waals surface area contributed by atoms with Gasteiger partial charge in [0.15, 0.2) is 0 Å². The van der Waals surface area contributed by atoms with Crippen molar-refractivity contribution in [2.24, 2.45) is 11.8 Å².